The van der Waals surface area contributed by atoms with Crippen LogP contribution in [0.2, 0.25) is 0 Å². The maximum Gasteiger partial charge on any atom is 0.0193 e. The van der Waals surface area contributed by atoms with Crippen LogP contribution in [-0.4, -0.2) is 55.1 Å². The molecule has 1 fully saturated rings. The van der Waals surface area contributed by atoms with E-state index in [4.69, 9.17) is 5.73 Å². The first-order valence-electron chi connectivity index (χ1n) is 7.26. The van der Waals surface area contributed by atoms with E-state index in [0.717, 1.165) is 12.6 Å². The summed E-state index contributed by atoms with van der Waals surface area (Å²) < 4.78 is 0. The number of likely N-dealkylation sites (N-methyl/N-ethyl adjacent to an activating group) is 1. The molecular formula is C14H31N3. The lowest BCUT2D eigenvalue weighted by Crippen LogP contribution is -2.48. The van der Waals surface area contributed by atoms with E-state index in [0.29, 0.717) is 12.0 Å². The standard InChI is InChI=1S/C14H31N3/c1-5-12(3)14(15)11-16(4)13-7-9-17(6-2)10-8-13/h12-14H,5-11,15H2,1-4H3. The summed E-state index contributed by atoms with van der Waals surface area (Å²) in [5, 5.41) is 0. The molecule has 2 atom stereocenters. The minimum Gasteiger partial charge on any atom is -0.326 e. The van der Waals surface area contributed by atoms with Gasteiger partial charge in [-0.15, -0.1) is 0 Å². The molecule has 17 heavy (non-hydrogen) atoms. The molecule has 0 aromatic rings. The van der Waals surface area contributed by atoms with Gasteiger partial charge in [0.2, 0.25) is 0 Å². The van der Waals surface area contributed by atoms with Gasteiger partial charge in [0.15, 0.2) is 0 Å². The smallest absolute Gasteiger partial charge is 0.0193 e. The van der Waals surface area contributed by atoms with Crippen LogP contribution in [0, 0.1) is 5.92 Å². The number of hydrogen-bond donors (Lipinski definition) is 1. The zero-order valence-electron chi connectivity index (χ0n) is 12.2. The highest BCUT2D eigenvalue weighted by atomic mass is 15.2. The molecular weight excluding hydrogens is 210 g/mol. The third-order valence-electron chi connectivity index (χ3n) is 4.50. The molecule has 1 saturated heterocycles. The fraction of sp³-hybridized carbons (Fsp3) is 1.00. The van der Waals surface area contributed by atoms with Crippen LogP contribution in [0.3, 0.4) is 0 Å². The number of nitrogens with two attached hydrogens (primary N) is 1. The van der Waals surface area contributed by atoms with Crippen molar-refractivity contribution in [1.82, 2.24) is 9.80 Å². The third-order valence-corrected chi connectivity index (χ3v) is 4.50. The zero-order chi connectivity index (χ0) is 12.8. The monoisotopic (exact) mass is 241 g/mol. The Morgan fingerprint density at radius 2 is 1.88 bits per heavy atom. The molecule has 102 valence electrons. The molecule has 0 saturated carbocycles. The lowest BCUT2D eigenvalue weighted by atomic mass is 9.97. The molecule has 0 bridgehead atoms. The Balaban J connectivity index is 2.31. The SMILES string of the molecule is CCC(C)C(N)CN(C)C1CCN(CC)CC1. The van der Waals surface area contributed by atoms with Crippen molar-refractivity contribution in [3.8, 4) is 0 Å². The lowest BCUT2D eigenvalue weighted by Gasteiger charge is -2.37. The molecule has 3 nitrogen and oxygen atoms in total. The van der Waals surface area contributed by atoms with Crippen molar-refractivity contribution < 1.29 is 0 Å². The largest absolute Gasteiger partial charge is 0.326 e. The highest BCUT2D eigenvalue weighted by molar-refractivity contribution is 4.81. The Kier molecular flexibility index (Phi) is 6.45. The van der Waals surface area contributed by atoms with Crippen LogP contribution in [0.25, 0.3) is 0 Å². The summed E-state index contributed by atoms with van der Waals surface area (Å²) in [6.07, 6.45) is 3.79. The van der Waals surface area contributed by atoms with Gasteiger partial charge in [-0.25, -0.2) is 0 Å². The second-order valence-corrected chi connectivity index (χ2v) is 5.65. The van der Waals surface area contributed by atoms with Crippen LogP contribution in [0.15, 0.2) is 0 Å². The van der Waals surface area contributed by atoms with E-state index in [9.17, 15) is 0 Å². The number of likely N-dealkylation sites (tertiary alicyclic amines) is 1. The third kappa shape index (κ3) is 4.57. The molecule has 1 rings (SSSR count). The van der Waals surface area contributed by atoms with Gasteiger partial charge in [-0.2, -0.15) is 0 Å². The summed E-state index contributed by atoms with van der Waals surface area (Å²) in [6.45, 7) is 11.5. The van der Waals surface area contributed by atoms with Crippen LogP contribution >= 0.6 is 0 Å². The van der Waals surface area contributed by atoms with Gasteiger partial charge in [-0.3, -0.25) is 0 Å². The van der Waals surface area contributed by atoms with Gasteiger partial charge >= 0.3 is 0 Å². The Morgan fingerprint density at radius 1 is 1.29 bits per heavy atom. The number of rotatable bonds is 6. The highest BCUT2D eigenvalue weighted by Crippen LogP contribution is 2.16. The predicted molar refractivity (Wildman–Crippen MR) is 75.2 cm³/mol. The minimum absolute atomic E-state index is 0.328. The van der Waals surface area contributed by atoms with Gasteiger partial charge in [-0.05, 0) is 45.4 Å². The van der Waals surface area contributed by atoms with E-state index in [2.05, 4.69) is 37.6 Å². The lowest BCUT2D eigenvalue weighted by molar-refractivity contribution is 0.121. The number of nitrogens with zero attached hydrogens (tertiary/aromatic N) is 2. The molecule has 0 aliphatic carbocycles. The molecule has 0 amide bonds. The number of piperidine rings is 1. The summed E-state index contributed by atoms with van der Waals surface area (Å²) in [4.78, 5) is 5.03. The topological polar surface area (TPSA) is 32.5 Å². The normalized spacial score (nSPS) is 22.9. The van der Waals surface area contributed by atoms with Gasteiger partial charge in [-0.1, -0.05) is 27.2 Å². The van der Waals surface area contributed by atoms with E-state index in [1.54, 1.807) is 0 Å². The van der Waals surface area contributed by atoms with Crippen molar-refractivity contribution in [2.75, 3.05) is 33.2 Å². The minimum atomic E-state index is 0.328. The molecule has 1 aliphatic rings. The van der Waals surface area contributed by atoms with E-state index < -0.39 is 0 Å². The molecule has 1 heterocycles. The first-order chi connectivity index (χ1) is 8.08. The average molecular weight is 241 g/mol. The van der Waals surface area contributed by atoms with Gasteiger partial charge in [0.1, 0.15) is 0 Å². The zero-order valence-corrected chi connectivity index (χ0v) is 12.2. The summed E-state index contributed by atoms with van der Waals surface area (Å²) in [5.74, 6) is 0.633. The van der Waals surface area contributed by atoms with Gasteiger partial charge < -0.3 is 15.5 Å². The van der Waals surface area contributed by atoms with Crippen LogP contribution in [0.1, 0.15) is 40.0 Å². The van der Waals surface area contributed by atoms with E-state index in [1.165, 1.54) is 38.9 Å². The second kappa shape index (κ2) is 7.34. The van der Waals surface area contributed by atoms with Crippen LogP contribution < -0.4 is 5.73 Å². The van der Waals surface area contributed by atoms with Crippen molar-refractivity contribution in [2.45, 2.75) is 52.1 Å². The van der Waals surface area contributed by atoms with Crippen molar-refractivity contribution in [1.29, 1.82) is 0 Å². The Bertz CT molecular complexity index is 200. The maximum atomic E-state index is 6.24. The fourth-order valence-corrected chi connectivity index (χ4v) is 2.64. The van der Waals surface area contributed by atoms with Crippen molar-refractivity contribution >= 4 is 0 Å². The summed E-state index contributed by atoms with van der Waals surface area (Å²) in [5.41, 5.74) is 6.24. The summed E-state index contributed by atoms with van der Waals surface area (Å²) >= 11 is 0. The first-order valence-corrected chi connectivity index (χ1v) is 7.26. The Labute approximate surface area is 107 Å². The second-order valence-electron chi connectivity index (χ2n) is 5.65. The molecule has 0 aromatic carbocycles. The molecule has 0 spiro atoms. The van der Waals surface area contributed by atoms with Crippen molar-refractivity contribution in [3.05, 3.63) is 0 Å². The van der Waals surface area contributed by atoms with Crippen LogP contribution in [-0.2, 0) is 0 Å². The number of hydrogen-bond acceptors (Lipinski definition) is 3. The van der Waals surface area contributed by atoms with Gasteiger partial charge in [0, 0.05) is 18.6 Å². The van der Waals surface area contributed by atoms with E-state index in [-0.39, 0.29) is 0 Å². The van der Waals surface area contributed by atoms with Crippen LogP contribution in [0.5, 0.6) is 0 Å². The average Bonchev–Trinajstić information content (AvgIpc) is 2.37. The Morgan fingerprint density at radius 3 is 2.35 bits per heavy atom. The van der Waals surface area contributed by atoms with Crippen LogP contribution in [0.4, 0.5) is 0 Å². The van der Waals surface area contributed by atoms with E-state index >= 15 is 0 Å². The predicted octanol–water partition coefficient (Wildman–Crippen LogP) is 1.78. The molecule has 0 aromatic heterocycles. The van der Waals surface area contributed by atoms with E-state index in [1.807, 2.05) is 0 Å². The molecule has 2 N–H and O–H groups in total. The Hall–Kier alpha value is -0.120. The molecule has 2 unspecified atom stereocenters. The molecule has 0 radical (unpaired) electrons. The molecule has 1 aliphatic heterocycles. The summed E-state index contributed by atoms with van der Waals surface area (Å²) in [6, 6.07) is 1.07. The molecule has 3 heteroatoms. The fourth-order valence-electron chi connectivity index (χ4n) is 2.64. The van der Waals surface area contributed by atoms with Crippen molar-refractivity contribution in [3.63, 3.8) is 0 Å². The van der Waals surface area contributed by atoms with Gasteiger partial charge in [0.05, 0.1) is 0 Å². The first kappa shape index (κ1) is 14.9. The maximum absolute atomic E-state index is 6.24. The highest BCUT2D eigenvalue weighted by Gasteiger charge is 2.23. The quantitative estimate of drug-likeness (QED) is 0.769. The van der Waals surface area contributed by atoms with Crippen molar-refractivity contribution in [2.24, 2.45) is 11.7 Å². The summed E-state index contributed by atoms with van der Waals surface area (Å²) in [7, 11) is 2.24. The van der Waals surface area contributed by atoms with Gasteiger partial charge in [0.25, 0.3) is 0 Å².